The lowest BCUT2D eigenvalue weighted by molar-refractivity contribution is 0.210. The molecule has 1 heterocycles. The summed E-state index contributed by atoms with van der Waals surface area (Å²) in [4.78, 5) is 7.09. The molecule has 0 saturated carbocycles. The summed E-state index contributed by atoms with van der Waals surface area (Å²) < 4.78 is 6.94. The van der Waals surface area contributed by atoms with E-state index in [0.717, 1.165) is 35.8 Å². The molecule has 5 nitrogen and oxygen atoms in total. The molecular weight excluding hydrogens is 507 g/mol. The number of halogens is 2. The minimum Gasteiger partial charge on any atom is -0.488 e. The number of piperidine rings is 1. The van der Waals surface area contributed by atoms with Crippen LogP contribution >= 0.6 is 39.9 Å². The highest BCUT2D eigenvalue weighted by Crippen LogP contribution is 2.24. The maximum Gasteiger partial charge on any atom is 0.191 e. The molecule has 2 atom stereocenters. The highest BCUT2D eigenvalue weighted by atomic mass is 127. The fourth-order valence-corrected chi connectivity index (χ4v) is 3.41. The molecule has 26 heavy (non-hydrogen) atoms. The van der Waals surface area contributed by atoms with Crippen LogP contribution in [0.5, 0.6) is 5.75 Å². The van der Waals surface area contributed by atoms with Gasteiger partial charge >= 0.3 is 0 Å². The third-order valence-electron chi connectivity index (χ3n) is 4.30. The Kier molecular flexibility index (Phi) is 11.5. The predicted octanol–water partition coefficient (Wildman–Crippen LogP) is 3.73. The van der Waals surface area contributed by atoms with Crippen molar-refractivity contribution in [3.8, 4) is 5.75 Å². The van der Waals surface area contributed by atoms with Gasteiger partial charge in [0.05, 0.1) is 11.0 Å². The molecule has 2 N–H and O–H groups in total. The molecule has 0 aromatic heterocycles. The number of likely N-dealkylation sites (tertiary alicyclic amines) is 1. The van der Waals surface area contributed by atoms with E-state index in [9.17, 15) is 0 Å². The average molecular weight is 539 g/mol. The summed E-state index contributed by atoms with van der Waals surface area (Å²) in [6.45, 7) is 8.95. The summed E-state index contributed by atoms with van der Waals surface area (Å²) in [5.41, 5.74) is 0. The van der Waals surface area contributed by atoms with Crippen LogP contribution in [-0.2, 0) is 0 Å². The van der Waals surface area contributed by atoms with Crippen LogP contribution in [0.4, 0.5) is 0 Å². The molecule has 0 radical (unpaired) electrons. The topological polar surface area (TPSA) is 48.9 Å². The average Bonchev–Trinajstić information content (AvgIpc) is 2.59. The monoisotopic (exact) mass is 538 g/mol. The minimum absolute atomic E-state index is 0. The van der Waals surface area contributed by atoms with Gasteiger partial charge in [-0.2, -0.15) is 0 Å². The molecule has 1 aromatic rings. The van der Waals surface area contributed by atoms with Crippen LogP contribution in [0.1, 0.15) is 26.7 Å². The number of para-hydroxylation sites is 1. The lowest BCUT2D eigenvalue weighted by Gasteiger charge is -2.30. The van der Waals surface area contributed by atoms with Crippen molar-refractivity contribution in [1.82, 2.24) is 15.5 Å². The molecule has 1 aromatic carbocycles. The standard InChI is InChI=1S/C19H31BrN4O.HI/c1-4-21-19(23-13-16-8-7-11-24(3)14-16)22-12-15(2)25-18-10-6-5-9-17(18)20;/h5-6,9-10,15-16H,4,7-8,11-14H2,1-3H3,(H2,21,22,23);1H. The number of guanidine groups is 1. The van der Waals surface area contributed by atoms with E-state index in [1.807, 2.05) is 31.2 Å². The van der Waals surface area contributed by atoms with E-state index < -0.39 is 0 Å². The van der Waals surface area contributed by atoms with Crippen LogP contribution in [0.3, 0.4) is 0 Å². The summed E-state index contributed by atoms with van der Waals surface area (Å²) in [6.07, 6.45) is 2.58. The molecular formula is C19H32BrIN4O. The lowest BCUT2D eigenvalue weighted by atomic mass is 9.99. The molecule has 148 valence electrons. The maximum absolute atomic E-state index is 5.97. The van der Waals surface area contributed by atoms with Gasteiger partial charge in [-0.3, -0.25) is 0 Å². The first kappa shape index (κ1) is 23.5. The number of aliphatic imine (C=N–C) groups is 1. The summed E-state index contributed by atoms with van der Waals surface area (Å²) in [6, 6.07) is 7.91. The Hall–Kier alpha value is -0.540. The Labute approximate surface area is 183 Å². The number of hydrogen-bond donors (Lipinski definition) is 2. The highest BCUT2D eigenvalue weighted by molar-refractivity contribution is 14.0. The van der Waals surface area contributed by atoms with Gasteiger partial charge in [-0.05, 0) is 74.3 Å². The second kappa shape index (κ2) is 12.8. The number of rotatable bonds is 7. The molecule has 0 bridgehead atoms. The molecule has 1 saturated heterocycles. The quantitative estimate of drug-likeness (QED) is 0.315. The molecule has 7 heteroatoms. The van der Waals surface area contributed by atoms with Crippen LogP contribution in [0, 0.1) is 5.92 Å². The summed E-state index contributed by atoms with van der Waals surface area (Å²) in [7, 11) is 2.20. The normalized spacial score (nSPS) is 19.4. The van der Waals surface area contributed by atoms with Gasteiger partial charge in [0.2, 0.25) is 0 Å². The third kappa shape index (κ3) is 8.43. The van der Waals surface area contributed by atoms with Gasteiger partial charge in [-0.15, -0.1) is 24.0 Å². The number of nitrogens with one attached hydrogen (secondary N) is 2. The van der Waals surface area contributed by atoms with Crippen molar-refractivity contribution in [3.05, 3.63) is 28.7 Å². The van der Waals surface area contributed by atoms with Gasteiger partial charge in [0.25, 0.3) is 0 Å². The Morgan fingerprint density at radius 1 is 1.38 bits per heavy atom. The van der Waals surface area contributed by atoms with Gasteiger partial charge < -0.3 is 20.3 Å². The number of nitrogens with zero attached hydrogens (tertiary/aromatic N) is 2. The van der Waals surface area contributed by atoms with Crippen molar-refractivity contribution in [2.45, 2.75) is 32.8 Å². The SMILES string of the molecule is CCNC(=NCC(C)Oc1ccccc1Br)NCC1CCCN(C)C1.I. The van der Waals surface area contributed by atoms with Crippen LogP contribution in [-0.4, -0.2) is 56.7 Å². The van der Waals surface area contributed by atoms with Crippen molar-refractivity contribution in [1.29, 1.82) is 0 Å². The van der Waals surface area contributed by atoms with E-state index in [1.54, 1.807) is 0 Å². The van der Waals surface area contributed by atoms with Crippen molar-refractivity contribution >= 4 is 45.9 Å². The first-order chi connectivity index (χ1) is 12.1. The minimum atomic E-state index is 0. The van der Waals surface area contributed by atoms with E-state index >= 15 is 0 Å². The lowest BCUT2D eigenvalue weighted by Crippen LogP contribution is -2.43. The predicted molar refractivity (Wildman–Crippen MR) is 124 cm³/mol. The van der Waals surface area contributed by atoms with E-state index in [2.05, 4.69) is 50.4 Å². The largest absolute Gasteiger partial charge is 0.488 e. The first-order valence-electron chi connectivity index (χ1n) is 9.20. The third-order valence-corrected chi connectivity index (χ3v) is 4.95. The fourth-order valence-electron chi connectivity index (χ4n) is 3.04. The van der Waals surface area contributed by atoms with E-state index in [0.29, 0.717) is 12.5 Å². The van der Waals surface area contributed by atoms with Crippen molar-refractivity contribution in [2.75, 3.05) is 39.8 Å². The van der Waals surface area contributed by atoms with Gasteiger partial charge in [-0.1, -0.05) is 12.1 Å². The van der Waals surface area contributed by atoms with Crippen molar-refractivity contribution < 1.29 is 4.74 Å². The van der Waals surface area contributed by atoms with E-state index in [1.165, 1.54) is 19.4 Å². The Bertz CT molecular complexity index is 558. The zero-order valence-electron chi connectivity index (χ0n) is 16.0. The zero-order chi connectivity index (χ0) is 18.1. The van der Waals surface area contributed by atoms with E-state index in [-0.39, 0.29) is 30.1 Å². The molecule has 2 unspecified atom stereocenters. The Balaban J connectivity index is 0.00000338. The second-order valence-electron chi connectivity index (χ2n) is 6.73. The van der Waals surface area contributed by atoms with Gasteiger partial charge in [0.1, 0.15) is 11.9 Å². The van der Waals surface area contributed by atoms with Crippen LogP contribution in [0.2, 0.25) is 0 Å². The molecule has 0 amide bonds. The molecule has 0 spiro atoms. The fraction of sp³-hybridized carbons (Fsp3) is 0.632. The molecule has 2 rings (SSSR count). The molecule has 1 aliphatic rings. The highest BCUT2D eigenvalue weighted by Gasteiger charge is 2.17. The Morgan fingerprint density at radius 3 is 2.85 bits per heavy atom. The Morgan fingerprint density at radius 2 is 2.15 bits per heavy atom. The smallest absolute Gasteiger partial charge is 0.191 e. The molecule has 0 aliphatic carbocycles. The van der Waals surface area contributed by atoms with Crippen LogP contribution < -0.4 is 15.4 Å². The second-order valence-corrected chi connectivity index (χ2v) is 7.58. The number of hydrogen-bond acceptors (Lipinski definition) is 3. The van der Waals surface area contributed by atoms with Gasteiger partial charge in [0, 0.05) is 19.6 Å². The number of benzene rings is 1. The maximum atomic E-state index is 5.97. The van der Waals surface area contributed by atoms with Gasteiger partial charge in [0.15, 0.2) is 5.96 Å². The van der Waals surface area contributed by atoms with Gasteiger partial charge in [-0.25, -0.2) is 4.99 Å². The number of ether oxygens (including phenoxy) is 1. The van der Waals surface area contributed by atoms with Crippen LogP contribution in [0.15, 0.2) is 33.7 Å². The zero-order valence-corrected chi connectivity index (χ0v) is 19.9. The van der Waals surface area contributed by atoms with E-state index in [4.69, 9.17) is 4.74 Å². The molecule has 1 aliphatic heterocycles. The summed E-state index contributed by atoms with van der Waals surface area (Å²) >= 11 is 3.51. The molecule has 1 fully saturated rings. The van der Waals surface area contributed by atoms with Crippen molar-refractivity contribution in [2.24, 2.45) is 10.9 Å². The van der Waals surface area contributed by atoms with Crippen LogP contribution in [0.25, 0.3) is 0 Å². The summed E-state index contributed by atoms with van der Waals surface area (Å²) in [5, 5.41) is 6.81. The first-order valence-corrected chi connectivity index (χ1v) is 9.99. The van der Waals surface area contributed by atoms with Crippen molar-refractivity contribution in [3.63, 3.8) is 0 Å². The summed E-state index contributed by atoms with van der Waals surface area (Å²) in [5.74, 6) is 2.42.